The number of carbonyl (C=O) groups excluding carboxylic acids is 2. The molecule has 10 heteroatoms. The van der Waals surface area contributed by atoms with Crippen molar-refractivity contribution in [3.8, 4) is 11.5 Å². The molecule has 0 atom stereocenters. The zero-order valence-electron chi connectivity index (χ0n) is 13.2. The Bertz CT molecular complexity index is 716. The van der Waals surface area contributed by atoms with Crippen LogP contribution in [0.3, 0.4) is 0 Å². The highest BCUT2D eigenvalue weighted by atomic mass is 32.2. The Kier molecular flexibility index (Phi) is 6.01. The molecule has 1 heterocycles. The molecule has 2 aromatic rings. The molecule has 0 radical (unpaired) electrons. The van der Waals surface area contributed by atoms with Gasteiger partial charge in [0.25, 0.3) is 0 Å². The number of nitrogens with one attached hydrogen (secondary N) is 1. The minimum Gasteiger partial charge on any atom is -0.497 e. The van der Waals surface area contributed by atoms with E-state index in [1.165, 1.54) is 0 Å². The summed E-state index contributed by atoms with van der Waals surface area (Å²) < 4.78 is 12.4. The second-order valence-electron chi connectivity index (χ2n) is 4.62. The van der Waals surface area contributed by atoms with Crippen molar-refractivity contribution in [2.45, 2.75) is 11.8 Å². The molecule has 2 rings (SSSR count). The van der Waals surface area contributed by atoms with Gasteiger partial charge in [0.1, 0.15) is 18.1 Å². The molecule has 0 bridgehead atoms. The summed E-state index contributed by atoms with van der Waals surface area (Å²) in [4.78, 5) is 22.0. The molecule has 0 spiro atoms. The summed E-state index contributed by atoms with van der Waals surface area (Å²) in [7, 11) is 3.36. The van der Waals surface area contributed by atoms with E-state index < -0.39 is 11.9 Å². The minimum atomic E-state index is -0.882. The van der Waals surface area contributed by atoms with Gasteiger partial charge in [0.15, 0.2) is 11.0 Å². The fourth-order valence-corrected chi connectivity index (χ4v) is 2.45. The summed E-state index contributed by atoms with van der Waals surface area (Å²) in [6.07, 6.45) is 0. The third-order valence-corrected chi connectivity index (χ3v) is 3.97. The van der Waals surface area contributed by atoms with Crippen LogP contribution in [0.25, 0.3) is 0 Å². The summed E-state index contributed by atoms with van der Waals surface area (Å²) in [6.45, 7) is 0.226. The van der Waals surface area contributed by atoms with E-state index in [9.17, 15) is 9.59 Å². The zero-order valence-corrected chi connectivity index (χ0v) is 14.0. The van der Waals surface area contributed by atoms with Crippen LogP contribution in [0.15, 0.2) is 29.4 Å². The van der Waals surface area contributed by atoms with E-state index >= 15 is 0 Å². The molecule has 3 amide bonds. The first-order valence-corrected chi connectivity index (χ1v) is 7.85. The average Bonchev–Trinajstić information content (AvgIpc) is 2.91. The SMILES string of the molecule is COc1ccc(OCc2nnc(SCC(=O)NC(N)=O)n2C)cc1. The number of benzene rings is 1. The number of hydrogen-bond donors (Lipinski definition) is 2. The molecule has 0 aliphatic carbocycles. The van der Waals surface area contributed by atoms with E-state index in [4.69, 9.17) is 15.2 Å². The maximum absolute atomic E-state index is 11.4. The summed E-state index contributed by atoms with van der Waals surface area (Å²) in [5.41, 5.74) is 4.87. The number of urea groups is 1. The lowest BCUT2D eigenvalue weighted by Gasteiger charge is -2.07. The largest absolute Gasteiger partial charge is 0.497 e. The van der Waals surface area contributed by atoms with E-state index in [-0.39, 0.29) is 12.4 Å². The summed E-state index contributed by atoms with van der Waals surface area (Å²) in [5.74, 6) is 1.53. The average molecular weight is 351 g/mol. The number of amides is 3. The Labute approximate surface area is 142 Å². The predicted molar refractivity (Wildman–Crippen MR) is 86.8 cm³/mol. The summed E-state index contributed by atoms with van der Waals surface area (Å²) in [6, 6.07) is 6.29. The Morgan fingerprint density at radius 1 is 1.25 bits per heavy atom. The van der Waals surface area contributed by atoms with Crippen LogP contribution in [0, 0.1) is 0 Å². The molecule has 1 aromatic carbocycles. The van der Waals surface area contributed by atoms with Crippen LogP contribution < -0.4 is 20.5 Å². The predicted octanol–water partition coefficient (Wildman–Crippen LogP) is 0.690. The minimum absolute atomic E-state index is 0.00818. The molecule has 0 fully saturated rings. The molecular weight excluding hydrogens is 334 g/mol. The number of hydrogen-bond acceptors (Lipinski definition) is 7. The number of carbonyl (C=O) groups is 2. The van der Waals surface area contributed by atoms with Crippen LogP contribution in [0.2, 0.25) is 0 Å². The lowest BCUT2D eigenvalue weighted by Crippen LogP contribution is -2.36. The number of rotatable bonds is 7. The summed E-state index contributed by atoms with van der Waals surface area (Å²) >= 11 is 1.14. The van der Waals surface area contributed by atoms with Gasteiger partial charge in [-0.05, 0) is 24.3 Å². The number of primary amides is 1. The molecule has 0 saturated heterocycles. The van der Waals surface area contributed by atoms with E-state index in [0.717, 1.165) is 17.5 Å². The van der Waals surface area contributed by atoms with Crippen LogP contribution in [-0.2, 0) is 18.4 Å². The molecule has 0 unspecified atom stereocenters. The molecule has 0 aliphatic rings. The van der Waals surface area contributed by atoms with Crippen LogP contribution in [0.5, 0.6) is 11.5 Å². The van der Waals surface area contributed by atoms with Crippen LogP contribution in [0.1, 0.15) is 5.82 Å². The van der Waals surface area contributed by atoms with Crippen molar-refractivity contribution in [2.24, 2.45) is 12.8 Å². The van der Waals surface area contributed by atoms with Crippen molar-refractivity contribution in [2.75, 3.05) is 12.9 Å². The van der Waals surface area contributed by atoms with Crippen LogP contribution >= 0.6 is 11.8 Å². The normalized spacial score (nSPS) is 10.2. The van der Waals surface area contributed by atoms with Gasteiger partial charge in [-0.1, -0.05) is 11.8 Å². The third-order valence-electron chi connectivity index (χ3n) is 2.95. The number of aromatic nitrogens is 3. The highest BCUT2D eigenvalue weighted by Crippen LogP contribution is 2.19. The first-order valence-electron chi connectivity index (χ1n) is 6.87. The lowest BCUT2D eigenvalue weighted by atomic mass is 10.3. The Hall–Kier alpha value is -2.75. The maximum atomic E-state index is 11.4. The first kappa shape index (κ1) is 17.6. The van der Waals surface area contributed by atoms with Gasteiger partial charge in [0.05, 0.1) is 12.9 Å². The fraction of sp³-hybridized carbons (Fsp3) is 0.286. The molecule has 128 valence electrons. The van der Waals surface area contributed by atoms with E-state index in [1.54, 1.807) is 43.0 Å². The van der Waals surface area contributed by atoms with E-state index in [2.05, 4.69) is 10.2 Å². The second kappa shape index (κ2) is 8.20. The maximum Gasteiger partial charge on any atom is 0.318 e. The highest BCUT2D eigenvalue weighted by Gasteiger charge is 2.12. The van der Waals surface area contributed by atoms with Crippen molar-refractivity contribution in [1.29, 1.82) is 0 Å². The van der Waals surface area contributed by atoms with Gasteiger partial charge in [-0.2, -0.15) is 0 Å². The first-order chi connectivity index (χ1) is 11.5. The topological polar surface area (TPSA) is 121 Å². The molecule has 0 saturated carbocycles. The number of ether oxygens (including phenoxy) is 2. The van der Waals surface area contributed by atoms with Crippen molar-refractivity contribution in [3.05, 3.63) is 30.1 Å². The summed E-state index contributed by atoms with van der Waals surface area (Å²) in [5, 5.41) is 10.5. The number of nitrogens with zero attached hydrogens (tertiary/aromatic N) is 3. The van der Waals surface area contributed by atoms with Crippen molar-refractivity contribution in [3.63, 3.8) is 0 Å². The Morgan fingerprint density at radius 3 is 2.54 bits per heavy atom. The quantitative estimate of drug-likeness (QED) is 0.704. The van der Waals surface area contributed by atoms with Gasteiger partial charge >= 0.3 is 6.03 Å². The van der Waals surface area contributed by atoms with Gasteiger partial charge in [-0.25, -0.2) is 4.79 Å². The molecule has 0 aliphatic heterocycles. The Balaban J connectivity index is 1.89. The molecule has 3 N–H and O–H groups in total. The van der Waals surface area contributed by atoms with Gasteiger partial charge in [-0.3, -0.25) is 10.1 Å². The number of imide groups is 1. The molecule has 24 heavy (non-hydrogen) atoms. The lowest BCUT2D eigenvalue weighted by molar-refractivity contribution is -0.117. The van der Waals surface area contributed by atoms with Crippen molar-refractivity contribution < 1.29 is 19.1 Å². The molecule has 9 nitrogen and oxygen atoms in total. The van der Waals surface area contributed by atoms with Gasteiger partial charge in [0, 0.05) is 7.05 Å². The third kappa shape index (κ3) is 4.88. The monoisotopic (exact) mass is 351 g/mol. The van der Waals surface area contributed by atoms with E-state index in [0.29, 0.717) is 16.7 Å². The van der Waals surface area contributed by atoms with Crippen LogP contribution in [-0.4, -0.2) is 39.6 Å². The van der Waals surface area contributed by atoms with Crippen molar-refractivity contribution >= 4 is 23.7 Å². The van der Waals surface area contributed by atoms with E-state index in [1.807, 2.05) is 5.32 Å². The molecule has 1 aromatic heterocycles. The molecular formula is C14H17N5O4S. The number of nitrogens with two attached hydrogens (primary N) is 1. The van der Waals surface area contributed by atoms with Gasteiger partial charge in [0.2, 0.25) is 5.91 Å². The second-order valence-corrected chi connectivity index (χ2v) is 5.57. The zero-order chi connectivity index (χ0) is 17.5. The highest BCUT2D eigenvalue weighted by molar-refractivity contribution is 7.99. The van der Waals surface area contributed by atoms with Crippen molar-refractivity contribution in [1.82, 2.24) is 20.1 Å². The van der Waals surface area contributed by atoms with Crippen LogP contribution in [0.4, 0.5) is 4.79 Å². The Morgan fingerprint density at radius 2 is 1.92 bits per heavy atom. The van der Waals surface area contributed by atoms with Gasteiger partial charge in [-0.15, -0.1) is 10.2 Å². The standard InChI is InChI=1S/C14H17N5O4S/c1-19-11(7-23-10-5-3-9(22-2)4-6-10)17-18-14(19)24-8-12(20)16-13(15)21/h3-6H,7-8H2,1-2H3,(H3,15,16,20,21). The smallest absolute Gasteiger partial charge is 0.318 e. The fourth-order valence-electron chi connectivity index (χ4n) is 1.72. The number of thioether (sulfide) groups is 1. The number of methoxy groups -OCH3 is 1. The van der Waals surface area contributed by atoms with Gasteiger partial charge < -0.3 is 19.8 Å².